The molecular weight excluding hydrogens is 120 g/mol. The first-order valence-electron chi connectivity index (χ1n) is 4.25. The zero-order chi connectivity index (χ0) is 6.51. The lowest BCUT2D eigenvalue weighted by Gasteiger charge is -2.61. The normalized spacial score (nSPS) is 58.3. The fourth-order valence-corrected chi connectivity index (χ4v) is 3.66. The third-order valence-corrected chi connectivity index (χ3v) is 4.26. The highest BCUT2D eigenvalue weighted by Crippen LogP contribution is 2.80. The van der Waals surface area contributed by atoms with Gasteiger partial charge in [0, 0.05) is 5.41 Å². The second-order valence-electron chi connectivity index (χ2n) is 4.38. The Morgan fingerprint density at radius 1 is 1.60 bits per heavy atom. The summed E-state index contributed by atoms with van der Waals surface area (Å²) < 4.78 is 0. The molecule has 2 fully saturated rings. The molecule has 0 amide bonds. The van der Waals surface area contributed by atoms with Gasteiger partial charge in [0.1, 0.15) is 0 Å². The van der Waals surface area contributed by atoms with Gasteiger partial charge >= 0.3 is 0 Å². The van der Waals surface area contributed by atoms with Crippen LogP contribution in [0.3, 0.4) is 0 Å². The molecule has 0 aliphatic heterocycles. The van der Waals surface area contributed by atoms with Crippen LogP contribution in [0.25, 0.3) is 0 Å². The van der Waals surface area contributed by atoms with Gasteiger partial charge in [-0.2, -0.15) is 0 Å². The van der Waals surface area contributed by atoms with Gasteiger partial charge in [-0.3, -0.25) is 0 Å². The van der Waals surface area contributed by atoms with Crippen LogP contribution < -0.4 is 0 Å². The summed E-state index contributed by atoms with van der Waals surface area (Å²) in [7, 11) is 0. The molecule has 0 aromatic heterocycles. The Kier molecular flexibility index (Phi) is 0.377. The molecule has 0 aromatic carbocycles. The summed E-state index contributed by atoms with van der Waals surface area (Å²) in [6, 6.07) is 0. The van der Waals surface area contributed by atoms with Crippen LogP contribution in [-0.2, 0) is 0 Å². The van der Waals surface area contributed by atoms with E-state index in [0.717, 1.165) is 17.3 Å². The molecule has 5 aliphatic carbocycles. The topological polar surface area (TPSA) is 0 Å². The van der Waals surface area contributed by atoms with Gasteiger partial charge in [-0.15, -0.1) is 0 Å². The van der Waals surface area contributed by atoms with E-state index in [1.165, 1.54) is 12.8 Å². The van der Waals surface area contributed by atoms with Crippen LogP contribution >= 0.6 is 0 Å². The minimum absolute atomic E-state index is 0.719. The van der Waals surface area contributed by atoms with E-state index in [2.05, 4.69) is 13.0 Å². The van der Waals surface area contributed by atoms with Crippen molar-refractivity contribution in [3.05, 3.63) is 22.8 Å². The van der Waals surface area contributed by atoms with Gasteiger partial charge in [0.25, 0.3) is 0 Å². The molecule has 5 aliphatic rings. The first-order chi connectivity index (χ1) is 4.83. The molecule has 0 aromatic rings. The lowest BCUT2D eigenvalue weighted by Crippen LogP contribution is -2.53. The van der Waals surface area contributed by atoms with Crippen LogP contribution in [0.15, 0.2) is 22.8 Å². The maximum absolute atomic E-state index is 2.54. The van der Waals surface area contributed by atoms with Crippen LogP contribution in [0.1, 0.15) is 19.8 Å². The van der Waals surface area contributed by atoms with Crippen LogP contribution in [0, 0.1) is 17.3 Å². The Balaban J connectivity index is 2.04. The maximum Gasteiger partial charge on any atom is 0.0174 e. The van der Waals surface area contributed by atoms with Gasteiger partial charge < -0.3 is 0 Å². The van der Waals surface area contributed by atoms with Crippen molar-refractivity contribution in [1.82, 2.24) is 0 Å². The van der Waals surface area contributed by atoms with Crippen molar-refractivity contribution in [1.29, 1.82) is 0 Å². The van der Waals surface area contributed by atoms with E-state index in [-0.39, 0.29) is 0 Å². The second-order valence-corrected chi connectivity index (χ2v) is 4.38. The first-order valence-corrected chi connectivity index (χ1v) is 4.25. The molecule has 0 heteroatoms. The average molecular weight is 130 g/mol. The van der Waals surface area contributed by atoms with Gasteiger partial charge in [0.05, 0.1) is 0 Å². The number of hydrogen-bond acceptors (Lipinski definition) is 0. The Bertz CT molecular complexity index is 319. The summed E-state index contributed by atoms with van der Waals surface area (Å²) in [5, 5.41) is 0. The molecule has 4 bridgehead atoms. The van der Waals surface area contributed by atoms with Crippen molar-refractivity contribution in [2.24, 2.45) is 17.3 Å². The van der Waals surface area contributed by atoms with E-state index in [1.54, 1.807) is 11.1 Å². The summed E-state index contributed by atoms with van der Waals surface area (Å²) in [5.74, 6) is 2.08. The van der Waals surface area contributed by atoms with E-state index in [0.29, 0.717) is 0 Å². The zero-order valence-electron chi connectivity index (χ0n) is 6.15. The summed E-state index contributed by atoms with van der Waals surface area (Å²) in [6.07, 6.45) is 5.41. The molecule has 1 spiro atoms. The highest BCUT2D eigenvalue weighted by Gasteiger charge is 2.71. The molecule has 3 atom stereocenters. The smallest absolute Gasteiger partial charge is 0.0174 e. The number of hydrogen-bond donors (Lipinski definition) is 0. The highest BCUT2D eigenvalue weighted by atomic mass is 14.7. The minimum atomic E-state index is 0.719. The molecule has 5 rings (SSSR count). The summed E-state index contributed by atoms with van der Waals surface area (Å²) in [5.41, 5.74) is 6.08. The SMILES string of the molecule is CC1=C2CC3=CC34CC2C14. The van der Waals surface area contributed by atoms with Crippen molar-refractivity contribution < 1.29 is 0 Å². The summed E-state index contributed by atoms with van der Waals surface area (Å²) in [6.45, 7) is 2.35. The van der Waals surface area contributed by atoms with Crippen LogP contribution in [-0.4, -0.2) is 0 Å². The van der Waals surface area contributed by atoms with E-state index < -0.39 is 0 Å². The molecule has 0 nitrogen and oxygen atoms in total. The molecule has 0 radical (unpaired) electrons. The first kappa shape index (κ1) is 4.38. The zero-order valence-corrected chi connectivity index (χ0v) is 6.15. The molecule has 2 saturated carbocycles. The van der Waals surface area contributed by atoms with Gasteiger partial charge in [-0.25, -0.2) is 0 Å². The van der Waals surface area contributed by atoms with E-state index >= 15 is 0 Å². The quantitative estimate of drug-likeness (QED) is 0.441. The van der Waals surface area contributed by atoms with Crippen LogP contribution in [0.5, 0.6) is 0 Å². The van der Waals surface area contributed by atoms with Crippen molar-refractivity contribution >= 4 is 0 Å². The second kappa shape index (κ2) is 0.861. The van der Waals surface area contributed by atoms with E-state index in [9.17, 15) is 0 Å². The standard InChI is InChI=1S/C10H10/c1-5-7-2-6-3-10(6)4-8(7)9(5)10/h3,8-9H,2,4H2,1H3. The summed E-state index contributed by atoms with van der Waals surface area (Å²) >= 11 is 0. The predicted molar refractivity (Wildman–Crippen MR) is 39.4 cm³/mol. The van der Waals surface area contributed by atoms with Crippen molar-refractivity contribution in [2.75, 3.05) is 0 Å². The van der Waals surface area contributed by atoms with Gasteiger partial charge in [0.2, 0.25) is 0 Å². The summed E-state index contributed by atoms with van der Waals surface area (Å²) in [4.78, 5) is 0. The third kappa shape index (κ3) is 0.202. The Morgan fingerprint density at radius 3 is 3.00 bits per heavy atom. The predicted octanol–water partition coefficient (Wildman–Crippen LogP) is 2.28. The molecule has 3 unspecified atom stereocenters. The van der Waals surface area contributed by atoms with Gasteiger partial charge in [-0.05, 0) is 31.6 Å². The Hall–Kier alpha value is -0.520. The fraction of sp³-hybridized carbons (Fsp3) is 0.600. The molecule has 10 heavy (non-hydrogen) atoms. The minimum Gasteiger partial charge on any atom is -0.0732 e. The molecular formula is C10H10. The molecule has 0 heterocycles. The number of rotatable bonds is 0. The van der Waals surface area contributed by atoms with Crippen LogP contribution in [0.4, 0.5) is 0 Å². The van der Waals surface area contributed by atoms with E-state index in [4.69, 9.17) is 0 Å². The molecule has 50 valence electrons. The van der Waals surface area contributed by atoms with Crippen molar-refractivity contribution in [3.63, 3.8) is 0 Å². The van der Waals surface area contributed by atoms with Gasteiger partial charge in [0.15, 0.2) is 0 Å². The largest absolute Gasteiger partial charge is 0.0732 e. The van der Waals surface area contributed by atoms with Crippen molar-refractivity contribution in [2.45, 2.75) is 19.8 Å². The monoisotopic (exact) mass is 130 g/mol. The van der Waals surface area contributed by atoms with E-state index in [1.807, 2.05) is 5.57 Å². The maximum atomic E-state index is 2.54. The van der Waals surface area contributed by atoms with Gasteiger partial charge in [-0.1, -0.05) is 22.8 Å². The average Bonchev–Trinajstić information content (AvgIpc) is 2.60. The lowest BCUT2D eigenvalue weighted by atomic mass is 9.42. The Morgan fingerprint density at radius 2 is 2.50 bits per heavy atom. The Labute approximate surface area is 60.6 Å². The third-order valence-electron chi connectivity index (χ3n) is 4.26. The number of allylic oxidation sites excluding steroid dienone is 4. The van der Waals surface area contributed by atoms with Crippen LogP contribution in [0.2, 0.25) is 0 Å². The fourth-order valence-electron chi connectivity index (χ4n) is 3.66. The molecule has 0 saturated heterocycles. The highest BCUT2D eigenvalue weighted by molar-refractivity contribution is 5.63. The molecule has 0 N–H and O–H groups in total. The van der Waals surface area contributed by atoms with Crippen molar-refractivity contribution in [3.8, 4) is 0 Å². The lowest BCUT2D eigenvalue weighted by molar-refractivity contribution is 0.0617.